The second-order valence-corrected chi connectivity index (χ2v) is 3.40. The average molecular weight is 212 g/mol. The number of aryl methyl sites for hydroxylation is 1. The summed E-state index contributed by atoms with van der Waals surface area (Å²) in [5.74, 6) is 0. The van der Waals surface area contributed by atoms with Gasteiger partial charge >= 0.3 is 0 Å². The van der Waals surface area contributed by atoms with E-state index in [9.17, 15) is 5.11 Å². The molecule has 1 aromatic rings. The molecule has 0 aliphatic heterocycles. The molecule has 1 aromatic carbocycles. The minimum absolute atomic E-state index is 0.354. The zero-order chi connectivity index (χ0) is 10.7. The topological polar surface area (TPSA) is 64.2 Å². The minimum atomic E-state index is -1.45. The highest BCUT2D eigenvalue weighted by atomic mass is 35.5. The maximum absolute atomic E-state index is 9.59. The van der Waals surface area contributed by atoms with E-state index in [4.69, 9.17) is 22.0 Å². The molecule has 3 nitrogen and oxygen atoms in total. The Morgan fingerprint density at radius 3 is 2.57 bits per heavy atom. The molecule has 2 N–H and O–H groups in total. The first-order chi connectivity index (χ1) is 6.57. The summed E-state index contributed by atoms with van der Waals surface area (Å²) >= 11 is 5.84. The highest BCUT2D eigenvalue weighted by molar-refractivity contribution is 6.31. The molecule has 0 aliphatic rings. The third-order valence-corrected chi connectivity index (χ3v) is 2.33. The van der Waals surface area contributed by atoms with Gasteiger partial charge in [-0.25, -0.2) is 0 Å². The molecule has 0 amide bonds. The fourth-order valence-electron chi connectivity index (χ4n) is 1.25. The van der Waals surface area contributed by atoms with Crippen molar-refractivity contribution >= 4 is 11.6 Å². The predicted octanol–water partition coefficient (Wildman–Crippen LogP) is 1.57. The summed E-state index contributed by atoms with van der Waals surface area (Å²) in [6.07, 6.45) is -2.71. The third kappa shape index (κ3) is 2.05. The number of nitrogens with zero attached hydrogens (tertiary/aromatic N) is 1. The molecule has 0 bridgehead atoms. The van der Waals surface area contributed by atoms with E-state index in [1.165, 1.54) is 0 Å². The van der Waals surface area contributed by atoms with Crippen molar-refractivity contribution in [1.29, 1.82) is 5.26 Å². The second-order valence-electron chi connectivity index (χ2n) is 2.99. The monoisotopic (exact) mass is 211 g/mol. The van der Waals surface area contributed by atoms with Crippen LogP contribution < -0.4 is 0 Å². The first kappa shape index (κ1) is 11.0. The van der Waals surface area contributed by atoms with Gasteiger partial charge in [-0.15, -0.1) is 0 Å². The van der Waals surface area contributed by atoms with Gasteiger partial charge in [-0.3, -0.25) is 0 Å². The van der Waals surface area contributed by atoms with E-state index in [0.29, 0.717) is 10.6 Å². The first-order valence-corrected chi connectivity index (χ1v) is 4.46. The summed E-state index contributed by atoms with van der Waals surface area (Å²) < 4.78 is 0. The van der Waals surface area contributed by atoms with Gasteiger partial charge < -0.3 is 10.2 Å². The zero-order valence-corrected chi connectivity index (χ0v) is 8.36. The minimum Gasteiger partial charge on any atom is -0.384 e. The summed E-state index contributed by atoms with van der Waals surface area (Å²) in [5, 5.41) is 27.6. The van der Waals surface area contributed by atoms with E-state index in [-0.39, 0.29) is 0 Å². The molecule has 74 valence electrons. The van der Waals surface area contributed by atoms with Crippen molar-refractivity contribution in [2.45, 2.75) is 19.1 Å². The summed E-state index contributed by atoms with van der Waals surface area (Å²) in [5.41, 5.74) is 1.16. The smallest absolute Gasteiger partial charge is 0.170 e. The average Bonchev–Trinajstić information content (AvgIpc) is 2.16. The van der Waals surface area contributed by atoms with E-state index in [0.717, 1.165) is 5.56 Å². The van der Waals surface area contributed by atoms with Gasteiger partial charge in [0.1, 0.15) is 6.10 Å². The van der Waals surface area contributed by atoms with Crippen LogP contribution in [-0.4, -0.2) is 16.3 Å². The number of nitriles is 1. The van der Waals surface area contributed by atoms with E-state index >= 15 is 0 Å². The Morgan fingerprint density at radius 1 is 1.43 bits per heavy atom. The molecular weight excluding hydrogens is 202 g/mol. The molecule has 2 unspecified atom stereocenters. The molecule has 0 fully saturated rings. The molecule has 1 rings (SSSR count). The number of hydrogen-bond donors (Lipinski definition) is 2. The lowest BCUT2D eigenvalue weighted by molar-refractivity contribution is 0.0524. The molecule has 0 spiro atoms. The lowest BCUT2D eigenvalue weighted by Crippen LogP contribution is -2.17. The fraction of sp³-hybridized carbons (Fsp3) is 0.300. The lowest BCUT2D eigenvalue weighted by atomic mass is 10.00. The largest absolute Gasteiger partial charge is 0.384 e. The molecule has 4 heteroatoms. The SMILES string of the molecule is Cc1cccc(Cl)c1C(O)C(O)C#N. The highest BCUT2D eigenvalue weighted by Crippen LogP contribution is 2.28. The second kappa shape index (κ2) is 4.43. The molecule has 0 radical (unpaired) electrons. The maximum Gasteiger partial charge on any atom is 0.170 e. The van der Waals surface area contributed by atoms with Crippen molar-refractivity contribution in [2.75, 3.05) is 0 Å². The Kier molecular flexibility index (Phi) is 3.48. The predicted molar refractivity (Wildman–Crippen MR) is 52.8 cm³/mol. The van der Waals surface area contributed by atoms with Crippen molar-refractivity contribution in [3.63, 3.8) is 0 Å². The van der Waals surface area contributed by atoms with Crippen LogP contribution >= 0.6 is 11.6 Å². The van der Waals surface area contributed by atoms with E-state index in [1.807, 2.05) is 0 Å². The van der Waals surface area contributed by atoms with Gasteiger partial charge in [-0.1, -0.05) is 23.7 Å². The summed E-state index contributed by atoms with van der Waals surface area (Å²) in [4.78, 5) is 0. The van der Waals surface area contributed by atoms with E-state index in [1.54, 1.807) is 31.2 Å². The van der Waals surface area contributed by atoms with Gasteiger partial charge in [-0.05, 0) is 18.6 Å². The summed E-state index contributed by atoms with van der Waals surface area (Å²) in [6.45, 7) is 1.76. The fourth-order valence-corrected chi connectivity index (χ4v) is 1.58. The number of halogens is 1. The first-order valence-electron chi connectivity index (χ1n) is 4.08. The van der Waals surface area contributed by atoms with Crippen LogP contribution in [0.25, 0.3) is 0 Å². The van der Waals surface area contributed by atoms with Gasteiger partial charge in [0, 0.05) is 10.6 Å². The van der Waals surface area contributed by atoms with Crippen LogP contribution in [0.3, 0.4) is 0 Å². The number of aliphatic hydroxyl groups is 2. The van der Waals surface area contributed by atoms with Crippen molar-refractivity contribution in [2.24, 2.45) is 0 Å². The van der Waals surface area contributed by atoms with E-state index in [2.05, 4.69) is 0 Å². The molecule has 0 aliphatic carbocycles. The van der Waals surface area contributed by atoms with Crippen LogP contribution in [0.15, 0.2) is 18.2 Å². The molecule has 14 heavy (non-hydrogen) atoms. The van der Waals surface area contributed by atoms with Gasteiger partial charge in [0.2, 0.25) is 0 Å². The standard InChI is InChI=1S/C10H10ClNO2/c1-6-3-2-4-7(11)9(6)10(14)8(13)5-12/h2-4,8,10,13-14H,1H3. The number of benzene rings is 1. The Hall–Kier alpha value is -1.08. The highest BCUT2D eigenvalue weighted by Gasteiger charge is 2.21. The van der Waals surface area contributed by atoms with E-state index < -0.39 is 12.2 Å². The number of aliphatic hydroxyl groups excluding tert-OH is 2. The zero-order valence-electron chi connectivity index (χ0n) is 7.61. The quantitative estimate of drug-likeness (QED) is 0.730. The molecular formula is C10H10ClNO2. The van der Waals surface area contributed by atoms with Crippen LogP contribution in [0.4, 0.5) is 0 Å². The van der Waals surface area contributed by atoms with Gasteiger partial charge in [0.05, 0.1) is 6.07 Å². The molecule has 2 atom stereocenters. The summed E-state index contributed by atoms with van der Waals surface area (Å²) in [6, 6.07) is 6.67. The maximum atomic E-state index is 9.59. The van der Waals surface area contributed by atoms with Crippen molar-refractivity contribution in [1.82, 2.24) is 0 Å². The normalized spacial score (nSPS) is 14.5. The Morgan fingerprint density at radius 2 is 2.07 bits per heavy atom. The Balaban J connectivity index is 3.13. The third-order valence-electron chi connectivity index (χ3n) is 2.00. The van der Waals surface area contributed by atoms with Crippen LogP contribution in [0.1, 0.15) is 17.2 Å². The van der Waals surface area contributed by atoms with Crippen molar-refractivity contribution in [3.05, 3.63) is 34.3 Å². The van der Waals surface area contributed by atoms with Gasteiger partial charge in [-0.2, -0.15) is 5.26 Å². The number of rotatable bonds is 2. The Bertz CT molecular complexity index is 353. The molecule has 0 saturated carbocycles. The van der Waals surface area contributed by atoms with Crippen molar-refractivity contribution < 1.29 is 10.2 Å². The van der Waals surface area contributed by atoms with Crippen molar-refractivity contribution in [3.8, 4) is 6.07 Å². The van der Waals surface area contributed by atoms with Crippen LogP contribution in [0.2, 0.25) is 5.02 Å². The molecule has 0 aromatic heterocycles. The van der Waals surface area contributed by atoms with Gasteiger partial charge in [0.25, 0.3) is 0 Å². The van der Waals surface area contributed by atoms with Crippen LogP contribution in [-0.2, 0) is 0 Å². The number of hydrogen-bond acceptors (Lipinski definition) is 3. The van der Waals surface area contributed by atoms with Gasteiger partial charge in [0.15, 0.2) is 6.10 Å². The lowest BCUT2D eigenvalue weighted by Gasteiger charge is -2.15. The van der Waals surface area contributed by atoms with Crippen LogP contribution in [0.5, 0.6) is 0 Å². The molecule has 0 heterocycles. The Labute approximate surface area is 87.2 Å². The molecule has 0 saturated heterocycles. The van der Waals surface area contributed by atoms with Crippen LogP contribution in [0, 0.1) is 18.3 Å². The summed E-state index contributed by atoms with van der Waals surface area (Å²) in [7, 11) is 0.